The Balaban J connectivity index is 1.38. The summed E-state index contributed by atoms with van der Waals surface area (Å²) in [6, 6.07) is 4.81. The molecule has 0 radical (unpaired) electrons. The number of nitrogens with zero attached hydrogens (tertiary/aromatic N) is 4. The Kier molecular flexibility index (Phi) is 7.77. The highest BCUT2D eigenvalue weighted by Crippen LogP contribution is 2.51. The number of hydrogen-bond donors (Lipinski definition) is 2. The van der Waals surface area contributed by atoms with Crippen LogP contribution in [0.4, 0.5) is 19.0 Å². The highest BCUT2D eigenvalue weighted by Gasteiger charge is 2.48. The topological polar surface area (TPSA) is 111 Å². The van der Waals surface area contributed by atoms with Crippen molar-refractivity contribution in [3.63, 3.8) is 0 Å². The maximum absolute atomic E-state index is 15.2. The molecule has 0 bridgehead atoms. The lowest BCUT2D eigenvalue weighted by molar-refractivity contribution is -0.119. The van der Waals surface area contributed by atoms with Crippen molar-refractivity contribution in [1.82, 2.24) is 25.1 Å². The van der Waals surface area contributed by atoms with Crippen LogP contribution in [0.1, 0.15) is 61.8 Å². The molecule has 2 aliphatic carbocycles. The van der Waals surface area contributed by atoms with E-state index in [4.69, 9.17) is 0 Å². The molecule has 0 aliphatic heterocycles. The van der Waals surface area contributed by atoms with Crippen molar-refractivity contribution in [3.8, 4) is 16.9 Å². The quantitative estimate of drug-likeness (QED) is 0.316. The van der Waals surface area contributed by atoms with Crippen LogP contribution in [0.2, 0.25) is 0 Å². The first kappa shape index (κ1) is 27.6. The molecule has 9 nitrogen and oxygen atoms in total. The van der Waals surface area contributed by atoms with E-state index in [1.807, 2.05) is 13.8 Å². The number of ether oxygens (including phenoxy) is 1. The largest absolute Gasteiger partial charge is 0.433 e. The van der Waals surface area contributed by atoms with Crippen LogP contribution in [0.3, 0.4) is 0 Å². The van der Waals surface area contributed by atoms with E-state index in [0.717, 1.165) is 31.9 Å². The standard InChI is InChI=1S/C28H31F3N6O3/c1-14(2)37-21(10-11-33-37)26(38)36-24(23(16-4-5-16)17-6-7-17)27(39)35-22-9-8-19(25(29)34-22)20-12-18(40-28(30)31)13-32-15(20)3/h8-14,16-17,23-24,28H,4-7H2,1-3H3,(H,36,38)(H,34,35,39)/t24-/m0/s1. The van der Waals surface area contributed by atoms with Crippen LogP contribution < -0.4 is 15.4 Å². The smallest absolute Gasteiger partial charge is 0.387 e. The van der Waals surface area contributed by atoms with Gasteiger partial charge in [0.25, 0.3) is 5.91 Å². The van der Waals surface area contributed by atoms with E-state index in [1.165, 1.54) is 18.2 Å². The van der Waals surface area contributed by atoms with Gasteiger partial charge in [-0.2, -0.15) is 18.3 Å². The third-order valence-corrected chi connectivity index (χ3v) is 7.36. The van der Waals surface area contributed by atoms with Crippen LogP contribution in [-0.4, -0.2) is 44.2 Å². The Morgan fingerprint density at radius 2 is 1.77 bits per heavy atom. The van der Waals surface area contributed by atoms with Gasteiger partial charge in [-0.1, -0.05) is 0 Å². The van der Waals surface area contributed by atoms with Crippen molar-refractivity contribution >= 4 is 17.6 Å². The third-order valence-electron chi connectivity index (χ3n) is 7.36. The summed E-state index contributed by atoms with van der Waals surface area (Å²) in [5.74, 6) is -1.40. The van der Waals surface area contributed by atoms with Crippen LogP contribution >= 0.6 is 0 Å². The molecule has 5 rings (SSSR count). The minimum absolute atomic E-state index is 0.0170. The van der Waals surface area contributed by atoms with Gasteiger partial charge >= 0.3 is 6.61 Å². The van der Waals surface area contributed by atoms with Gasteiger partial charge in [0.2, 0.25) is 11.9 Å². The van der Waals surface area contributed by atoms with Crippen molar-refractivity contribution in [2.24, 2.45) is 17.8 Å². The number of aryl methyl sites for hydroxylation is 1. The molecule has 0 spiro atoms. The molecule has 0 aromatic carbocycles. The highest BCUT2D eigenvalue weighted by atomic mass is 19.3. The van der Waals surface area contributed by atoms with E-state index in [9.17, 15) is 18.4 Å². The maximum Gasteiger partial charge on any atom is 0.387 e. The van der Waals surface area contributed by atoms with Gasteiger partial charge in [0.05, 0.1) is 6.20 Å². The van der Waals surface area contributed by atoms with Gasteiger partial charge in [-0.15, -0.1) is 0 Å². The zero-order chi connectivity index (χ0) is 28.6. The summed E-state index contributed by atoms with van der Waals surface area (Å²) in [7, 11) is 0. The van der Waals surface area contributed by atoms with Gasteiger partial charge in [0, 0.05) is 29.1 Å². The lowest BCUT2D eigenvalue weighted by atomic mass is 9.88. The highest BCUT2D eigenvalue weighted by molar-refractivity contribution is 6.00. The lowest BCUT2D eigenvalue weighted by Crippen LogP contribution is -2.50. The fourth-order valence-corrected chi connectivity index (χ4v) is 5.21. The fraction of sp³-hybridized carbons (Fsp3) is 0.464. The van der Waals surface area contributed by atoms with Crippen LogP contribution in [0, 0.1) is 30.6 Å². The number of aromatic nitrogens is 4. The van der Waals surface area contributed by atoms with Crippen LogP contribution in [0.25, 0.3) is 11.1 Å². The summed E-state index contributed by atoms with van der Waals surface area (Å²) in [6.45, 7) is 2.38. The molecule has 1 atom stereocenters. The van der Waals surface area contributed by atoms with Crippen molar-refractivity contribution < 1.29 is 27.5 Å². The first-order valence-corrected chi connectivity index (χ1v) is 13.4. The van der Waals surface area contributed by atoms with Gasteiger partial charge in [-0.25, -0.2) is 4.98 Å². The molecule has 3 aromatic heterocycles. The van der Waals surface area contributed by atoms with E-state index < -0.39 is 30.4 Å². The molecule has 12 heteroatoms. The van der Waals surface area contributed by atoms with E-state index >= 15 is 4.39 Å². The van der Waals surface area contributed by atoms with Crippen molar-refractivity contribution in [3.05, 3.63) is 54.0 Å². The second-order valence-corrected chi connectivity index (χ2v) is 10.7. The number of carbonyl (C=O) groups is 2. The molecule has 3 aromatic rings. The van der Waals surface area contributed by atoms with Crippen LogP contribution in [0.15, 0.2) is 36.7 Å². The fourth-order valence-electron chi connectivity index (χ4n) is 5.21. The minimum atomic E-state index is -3.05. The average Bonchev–Trinajstić information content (AvgIpc) is 3.84. The molecule has 212 valence electrons. The normalized spacial score (nSPS) is 15.9. The molecule has 0 saturated heterocycles. The summed E-state index contributed by atoms with van der Waals surface area (Å²) < 4.78 is 46.4. The predicted molar refractivity (Wildman–Crippen MR) is 140 cm³/mol. The summed E-state index contributed by atoms with van der Waals surface area (Å²) in [5.41, 5.74) is 0.992. The first-order chi connectivity index (χ1) is 19.1. The Morgan fingerprint density at radius 1 is 1.07 bits per heavy atom. The predicted octanol–water partition coefficient (Wildman–Crippen LogP) is 5.14. The molecular weight excluding hydrogens is 525 g/mol. The zero-order valence-corrected chi connectivity index (χ0v) is 22.4. The van der Waals surface area contributed by atoms with Crippen molar-refractivity contribution in [2.45, 2.75) is 65.1 Å². The molecule has 3 heterocycles. The number of rotatable bonds is 11. The van der Waals surface area contributed by atoms with E-state index in [-0.39, 0.29) is 34.7 Å². The second kappa shape index (κ2) is 11.3. The van der Waals surface area contributed by atoms with Gasteiger partial charge in [-0.3, -0.25) is 19.3 Å². The van der Waals surface area contributed by atoms with Crippen molar-refractivity contribution in [1.29, 1.82) is 0 Å². The number of alkyl halides is 2. The molecule has 2 aliphatic rings. The van der Waals surface area contributed by atoms with E-state index in [2.05, 4.69) is 30.4 Å². The maximum atomic E-state index is 15.2. The molecule has 0 unspecified atom stereocenters. The Hall–Kier alpha value is -3.96. The summed E-state index contributed by atoms with van der Waals surface area (Å²) in [5, 5.41) is 9.84. The van der Waals surface area contributed by atoms with Crippen LogP contribution in [0.5, 0.6) is 5.75 Å². The lowest BCUT2D eigenvalue weighted by Gasteiger charge is -2.27. The van der Waals surface area contributed by atoms with Gasteiger partial charge in [-0.05, 0) is 88.5 Å². The Morgan fingerprint density at radius 3 is 2.38 bits per heavy atom. The summed E-state index contributed by atoms with van der Waals surface area (Å²) >= 11 is 0. The monoisotopic (exact) mass is 556 g/mol. The number of anilines is 1. The van der Waals surface area contributed by atoms with Gasteiger partial charge in [0.15, 0.2) is 0 Å². The summed E-state index contributed by atoms with van der Waals surface area (Å²) in [4.78, 5) is 34.8. The zero-order valence-electron chi connectivity index (χ0n) is 22.4. The van der Waals surface area contributed by atoms with Gasteiger partial charge in [0.1, 0.15) is 23.3 Å². The third kappa shape index (κ3) is 6.10. The molecule has 2 amide bonds. The number of nitrogens with one attached hydrogen (secondary N) is 2. The Labute approximate surface area is 229 Å². The average molecular weight is 557 g/mol. The number of carbonyl (C=O) groups excluding carboxylic acids is 2. The SMILES string of the molecule is Cc1ncc(OC(F)F)cc1-c1ccc(NC(=O)[C@@H](NC(=O)c2ccnn2C(C)C)C(C2CC2)C2CC2)nc1F. The Bertz CT molecular complexity index is 1390. The number of hydrogen-bond acceptors (Lipinski definition) is 6. The minimum Gasteiger partial charge on any atom is -0.433 e. The first-order valence-electron chi connectivity index (χ1n) is 13.4. The molecule has 40 heavy (non-hydrogen) atoms. The number of halogens is 3. The number of pyridine rings is 2. The van der Waals surface area contributed by atoms with E-state index in [1.54, 1.807) is 23.9 Å². The van der Waals surface area contributed by atoms with Crippen LogP contribution in [-0.2, 0) is 4.79 Å². The van der Waals surface area contributed by atoms with Crippen molar-refractivity contribution in [2.75, 3.05) is 5.32 Å². The number of amides is 2. The van der Waals surface area contributed by atoms with Gasteiger partial charge < -0.3 is 15.4 Å². The molecule has 2 N–H and O–H groups in total. The summed E-state index contributed by atoms with van der Waals surface area (Å²) in [6.07, 6.45) is 6.65. The molecule has 2 saturated carbocycles. The van der Waals surface area contributed by atoms with E-state index in [0.29, 0.717) is 23.2 Å². The molecular formula is C28H31F3N6O3. The molecule has 2 fully saturated rings. The second-order valence-electron chi connectivity index (χ2n) is 10.7.